The highest BCUT2D eigenvalue weighted by Crippen LogP contribution is 2.31. The Morgan fingerprint density at radius 3 is 2.81 bits per heavy atom. The van der Waals surface area contributed by atoms with E-state index in [1.807, 2.05) is 4.57 Å². The number of nitrogens with two attached hydrogens (primary N) is 2. The zero-order chi connectivity index (χ0) is 19.1. The minimum atomic E-state index is 0.0327. The van der Waals surface area contributed by atoms with Crippen LogP contribution in [-0.4, -0.2) is 49.2 Å². The average Bonchev–Trinajstić information content (AvgIpc) is 2.98. The lowest BCUT2D eigenvalue weighted by atomic mass is 10.1. The third-order valence-electron chi connectivity index (χ3n) is 4.32. The number of nitrogen functional groups attached to an aromatic ring is 2. The molecule has 4 rings (SSSR count). The van der Waals surface area contributed by atoms with Crippen LogP contribution in [0.1, 0.15) is 6.04 Å². The standard InChI is InChI=1S/C16H15Cl2N7OS/c17-8-1-2-10(18)11(3-8)27-6-12(26)24-4-9(5-24)25-7-21-13-14(19)22-16(20)23-15(13)25/h1-3,7,9H,4-6H2,(H4,19,20,22,23). The van der Waals surface area contributed by atoms with Gasteiger partial charge in [0.05, 0.1) is 23.1 Å². The first-order valence-electron chi connectivity index (χ1n) is 8.03. The Hall–Kier alpha value is -2.23. The molecule has 8 nitrogen and oxygen atoms in total. The molecule has 11 heteroatoms. The van der Waals surface area contributed by atoms with Gasteiger partial charge in [-0.05, 0) is 18.2 Å². The van der Waals surface area contributed by atoms with Crippen molar-refractivity contribution >= 4 is 63.8 Å². The second-order valence-electron chi connectivity index (χ2n) is 6.11. The summed E-state index contributed by atoms with van der Waals surface area (Å²) in [6.45, 7) is 1.13. The van der Waals surface area contributed by atoms with Crippen molar-refractivity contribution < 1.29 is 4.79 Å². The number of hydrogen-bond donors (Lipinski definition) is 2. The van der Waals surface area contributed by atoms with Crippen LogP contribution in [0.15, 0.2) is 29.4 Å². The molecule has 140 valence electrons. The molecule has 1 aliphatic heterocycles. The smallest absolute Gasteiger partial charge is 0.233 e. The van der Waals surface area contributed by atoms with Gasteiger partial charge in [0, 0.05) is 23.0 Å². The number of aromatic nitrogens is 4. The van der Waals surface area contributed by atoms with Crippen LogP contribution in [0.3, 0.4) is 0 Å². The lowest BCUT2D eigenvalue weighted by molar-refractivity contribution is -0.133. The number of hydrogen-bond acceptors (Lipinski definition) is 7. The predicted molar refractivity (Wildman–Crippen MR) is 107 cm³/mol. The van der Waals surface area contributed by atoms with Gasteiger partial charge in [-0.25, -0.2) is 4.98 Å². The number of carbonyl (C=O) groups excluding carboxylic acids is 1. The minimum absolute atomic E-state index is 0.0327. The summed E-state index contributed by atoms with van der Waals surface area (Å²) < 4.78 is 1.88. The van der Waals surface area contributed by atoms with Crippen molar-refractivity contribution in [1.29, 1.82) is 0 Å². The first-order chi connectivity index (χ1) is 12.9. The van der Waals surface area contributed by atoms with E-state index in [0.29, 0.717) is 40.1 Å². The van der Waals surface area contributed by atoms with E-state index in [4.69, 9.17) is 34.7 Å². The summed E-state index contributed by atoms with van der Waals surface area (Å²) in [5.41, 5.74) is 12.6. The summed E-state index contributed by atoms with van der Waals surface area (Å²) in [5.74, 6) is 0.673. The van der Waals surface area contributed by atoms with Gasteiger partial charge in [0.15, 0.2) is 11.5 Å². The highest BCUT2D eigenvalue weighted by atomic mass is 35.5. The first kappa shape index (κ1) is 18.1. The van der Waals surface area contributed by atoms with Gasteiger partial charge in [-0.3, -0.25) is 4.79 Å². The van der Waals surface area contributed by atoms with Gasteiger partial charge in [-0.15, -0.1) is 11.8 Å². The maximum atomic E-state index is 12.4. The molecule has 1 aliphatic rings. The number of anilines is 2. The number of thioether (sulfide) groups is 1. The Bertz CT molecular complexity index is 1040. The number of benzene rings is 1. The second-order valence-corrected chi connectivity index (χ2v) is 7.97. The molecule has 1 aromatic carbocycles. The molecule has 0 atom stereocenters. The largest absolute Gasteiger partial charge is 0.382 e. The van der Waals surface area contributed by atoms with E-state index in [9.17, 15) is 4.79 Å². The van der Waals surface area contributed by atoms with Gasteiger partial charge < -0.3 is 20.9 Å². The molecule has 3 aromatic rings. The van der Waals surface area contributed by atoms with Crippen LogP contribution in [0.25, 0.3) is 11.2 Å². The number of carbonyl (C=O) groups is 1. The van der Waals surface area contributed by atoms with E-state index in [1.165, 1.54) is 11.8 Å². The molecule has 1 amide bonds. The Labute approximate surface area is 168 Å². The molecule has 1 fully saturated rings. The van der Waals surface area contributed by atoms with Crippen LogP contribution in [0.2, 0.25) is 10.0 Å². The monoisotopic (exact) mass is 423 g/mol. The lowest BCUT2D eigenvalue weighted by Crippen LogP contribution is -2.51. The molecule has 0 saturated carbocycles. The fraction of sp³-hybridized carbons (Fsp3) is 0.250. The number of imidazole rings is 1. The number of fused-ring (bicyclic) bond motifs is 1. The minimum Gasteiger partial charge on any atom is -0.382 e. The van der Waals surface area contributed by atoms with Crippen LogP contribution < -0.4 is 11.5 Å². The van der Waals surface area contributed by atoms with Gasteiger partial charge in [-0.2, -0.15) is 9.97 Å². The molecule has 1 saturated heterocycles. The molecular formula is C16H15Cl2N7OS. The van der Waals surface area contributed by atoms with Crippen molar-refractivity contribution in [3.05, 3.63) is 34.6 Å². The van der Waals surface area contributed by atoms with Crippen molar-refractivity contribution in [2.45, 2.75) is 10.9 Å². The first-order valence-corrected chi connectivity index (χ1v) is 9.77. The van der Waals surface area contributed by atoms with Crippen LogP contribution in [-0.2, 0) is 4.79 Å². The number of nitrogens with zero attached hydrogens (tertiary/aromatic N) is 5. The van der Waals surface area contributed by atoms with Crippen molar-refractivity contribution in [3.8, 4) is 0 Å². The molecule has 0 unspecified atom stereocenters. The third-order valence-corrected chi connectivity index (χ3v) is 6.04. The van der Waals surface area contributed by atoms with Crippen molar-refractivity contribution in [2.24, 2.45) is 0 Å². The molecule has 4 N–H and O–H groups in total. The summed E-state index contributed by atoms with van der Waals surface area (Å²) in [6, 6.07) is 5.27. The van der Waals surface area contributed by atoms with Crippen molar-refractivity contribution in [2.75, 3.05) is 30.3 Å². The fourth-order valence-corrected chi connectivity index (χ4v) is 4.27. The van der Waals surface area contributed by atoms with Crippen molar-refractivity contribution in [3.63, 3.8) is 0 Å². The summed E-state index contributed by atoms with van der Waals surface area (Å²) in [7, 11) is 0. The lowest BCUT2D eigenvalue weighted by Gasteiger charge is -2.39. The quantitative estimate of drug-likeness (QED) is 0.618. The molecule has 0 radical (unpaired) electrons. The van der Waals surface area contributed by atoms with Gasteiger partial charge >= 0.3 is 0 Å². The Morgan fingerprint density at radius 2 is 2.04 bits per heavy atom. The van der Waals surface area contributed by atoms with Crippen LogP contribution in [0, 0.1) is 0 Å². The zero-order valence-corrected chi connectivity index (χ0v) is 16.3. The summed E-state index contributed by atoms with van der Waals surface area (Å²) >= 11 is 13.5. The van der Waals surface area contributed by atoms with E-state index in [2.05, 4.69) is 15.0 Å². The maximum Gasteiger partial charge on any atom is 0.233 e. The van der Waals surface area contributed by atoms with Crippen LogP contribution >= 0.6 is 35.0 Å². The molecule has 0 aliphatic carbocycles. The Balaban J connectivity index is 1.39. The molecule has 0 bridgehead atoms. The molecular weight excluding hydrogens is 409 g/mol. The maximum absolute atomic E-state index is 12.4. The fourth-order valence-electron chi connectivity index (χ4n) is 2.88. The molecule has 3 heterocycles. The normalized spacial score (nSPS) is 14.5. The zero-order valence-electron chi connectivity index (χ0n) is 14.0. The Kier molecular flexibility index (Phi) is 4.75. The van der Waals surface area contributed by atoms with Gasteiger partial charge in [-0.1, -0.05) is 23.2 Å². The topological polar surface area (TPSA) is 116 Å². The third kappa shape index (κ3) is 3.50. The molecule has 2 aromatic heterocycles. The number of likely N-dealkylation sites (tertiary alicyclic amines) is 1. The SMILES string of the molecule is Nc1nc(N)c2ncn(C3CN(C(=O)CSc4cc(Cl)ccc4Cl)C3)c2n1. The summed E-state index contributed by atoms with van der Waals surface area (Å²) in [4.78, 5) is 27.4. The van der Waals surface area contributed by atoms with E-state index in [-0.39, 0.29) is 23.7 Å². The van der Waals surface area contributed by atoms with E-state index in [0.717, 1.165) is 4.90 Å². The van der Waals surface area contributed by atoms with E-state index < -0.39 is 0 Å². The Morgan fingerprint density at radius 1 is 1.26 bits per heavy atom. The van der Waals surface area contributed by atoms with E-state index >= 15 is 0 Å². The molecule has 0 spiro atoms. The van der Waals surface area contributed by atoms with Crippen LogP contribution in [0.5, 0.6) is 0 Å². The highest BCUT2D eigenvalue weighted by Gasteiger charge is 2.33. The summed E-state index contributed by atoms with van der Waals surface area (Å²) in [5, 5.41) is 1.17. The average molecular weight is 424 g/mol. The second kappa shape index (κ2) is 7.06. The van der Waals surface area contributed by atoms with Gasteiger partial charge in [0.25, 0.3) is 0 Å². The number of halogens is 2. The highest BCUT2D eigenvalue weighted by molar-refractivity contribution is 8.00. The predicted octanol–water partition coefficient (Wildman–Crippen LogP) is 2.47. The van der Waals surface area contributed by atoms with E-state index in [1.54, 1.807) is 29.4 Å². The molecule has 27 heavy (non-hydrogen) atoms. The number of rotatable bonds is 4. The van der Waals surface area contributed by atoms with Gasteiger partial charge in [0.2, 0.25) is 11.9 Å². The summed E-state index contributed by atoms with van der Waals surface area (Å²) in [6.07, 6.45) is 1.65. The number of amides is 1. The van der Waals surface area contributed by atoms with Gasteiger partial charge in [0.1, 0.15) is 5.52 Å². The van der Waals surface area contributed by atoms with Crippen molar-refractivity contribution in [1.82, 2.24) is 24.4 Å². The van der Waals surface area contributed by atoms with Crippen LogP contribution in [0.4, 0.5) is 11.8 Å².